The normalized spacial score (nSPS) is 16.3. The van der Waals surface area contributed by atoms with Gasteiger partial charge in [0.25, 0.3) is 0 Å². The number of alkyl halides is 3. The van der Waals surface area contributed by atoms with Gasteiger partial charge in [-0.1, -0.05) is 23.7 Å². The number of hydrogen-bond acceptors (Lipinski definition) is 3. The Labute approximate surface area is 182 Å². The maximum absolute atomic E-state index is 13.2. The van der Waals surface area contributed by atoms with E-state index in [2.05, 4.69) is 5.32 Å². The van der Waals surface area contributed by atoms with Gasteiger partial charge in [-0.3, -0.25) is 4.79 Å². The summed E-state index contributed by atoms with van der Waals surface area (Å²) in [4.78, 5) is 12.5. The van der Waals surface area contributed by atoms with Gasteiger partial charge in [0.15, 0.2) is 0 Å². The Morgan fingerprint density at radius 2 is 1.71 bits per heavy atom. The minimum atomic E-state index is -4.69. The van der Waals surface area contributed by atoms with Crippen LogP contribution in [0.1, 0.15) is 24.0 Å². The number of carbonyl (C=O) groups is 1. The average molecular weight is 479 g/mol. The van der Waals surface area contributed by atoms with Crippen molar-refractivity contribution >= 4 is 33.2 Å². The van der Waals surface area contributed by atoms with Crippen molar-refractivity contribution in [2.75, 3.05) is 18.4 Å². The molecule has 0 aliphatic carbocycles. The standard InChI is InChI=1S/C20H19ClF4N2O3S/c21-15-3-6-18(17(11-15)20(23,24)25)26-19(28)14-7-9-27(10-8-14)31(29,30)12-13-1-4-16(22)5-2-13/h1-6,11,14H,7-10,12H2,(H,26,28). The summed E-state index contributed by atoms with van der Waals surface area (Å²) < 4.78 is 79.0. The van der Waals surface area contributed by atoms with Crippen LogP contribution in [0.5, 0.6) is 0 Å². The second kappa shape index (κ2) is 9.13. The Balaban J connectivity index is 1.62. The molecule has 0 spiro atoms. The zero-order valence-corrected chi connectivity index (χ0v) is 17.7. The van der Waals surface area contributed by atoms with Crippen LogP contribution in [0.15, 0.2) is 42.5 Å². The number of anilines is 1. The Morgan fingerprint density at radius 3 is 2.29 bits per heavy atom. The van der Waals surface area contributed by atoms with Crippen molar-refractivity contribution in [2.24, 2.45) is 5.92 Å². The van der Waals surface area contributed by atoms with Crippen LogP contribution in [0, 0.1) is 11.7 Å². The highest BCUT2D eigenvalue weighted by Gasteiger charge is 2.36. The molecule has 1 aliphatic rings. The molecule has 31 heavy (non-hydrogen) atoms. The summed E-state index contributed by atoms with van der Waals surface area (Å²) in [5.41, 5.74) is -1.01. The predicted octanol–water partition coefficient (Wildman–Crippen LogP) is 4.68. The molecule has 0 radical (unpaired) electrons. The summed E-state index contributed by atoms with van der Waals surface area (Å²) in [7, 11) is -3.67. The van der Waals surface area contributed by atoms with Crippen molar-refractivity contribution in [3.8, 4) is 0 Å². The predicted molar refractivity (Wildman–Crippen MR) is 108 cm³/mol. The summed E-state index contributed by atoms with van der Waals surface area (Å²) in [5, 5.41) is 2.19. The van der Waals surface area contributed by atoms with E-state index >= 15 is 0 Å². The Kier molecular flexibility index (Phi) is 6.92. The Hall–Kier alpha value is -2.17. The van der Waals surface area contributed by atoms with Crippen molar-refractivity contribution in [3.05, 3.63) is 64.4 Å². The number of rotatable bonds is 5. The molecule has 11 heteroatoms. The van der Waals surface area contributed by atoms with Crippen LogP contribution in [-0.2, 0) is 26.7 Å². The lowest BCUT2D eigenvalue weighted by atomic mass is 9.97. The number of halogens is 5. The monoisotopic (exact) mass is 478 g/mol. The molecule has 0 atom stereocenters. The number of hydrogen-bond donors (Lipinski definition) is 1. The average Bonchev–Trinajstić information content (AvgIpc) is 2.70. The molecule has 0 saturated carbocycles. The van der Waals surface area contributed by atoms with Gasteiger partial charge in [0.2, 0.25) is 15.9 Å². The van der Waals surface area contributed by atoms with Gasteiger partial charge < -0.3 is 5.32 Å². The molecule has 0 unspecified atom stereocenters. The highest BCUT2D eigenvalue weighted by molar-refractivity contribution is 7.88. The summed E-state index contributed by atoms with van der Waals surface area (Å²) >= 11 is 5.64. The number of piperidine rings is 1. The van der Waals surface area contributed by atoms with Gasteiger partial charge in [0, 0.05) is 24.0 Å². The minimum absolute atomic E-state index is 0.0638. The quantitative estimate of drug-likeness (QED) is 0.635. The molecule has 1 heterocycles. The maximum Gasteiger partial charge on any atom is 0.418 e. The van der Waals surface area contributed by atoms with Gasteiger partial charge >= 0.3 is 6.18 Å². The molecule has 168 valence electrons. The van der Waals surface area contributed by atoms with E-state index < -0.39 is 45.1 Å². The number of benzene rings is 2. The molecule has 1 fully saturated rings. The van der Waals surface area contributed by atoms with E-state index in [9.17, 15) is 30.8 Å². The van der Waals surface area contributed by atoms with E-state index in [0.717, 1.165) is 12.1 Å². The Bertz CT molecular complexity index is 1050. The zero-order chi connectivity index (χ0) is 22.8. The van der Waals surface area contributed by atoms with Crippen LogP contribution in [0.3, 0.4) is 0 Å². The molecule has 2 aromatic rings. The van der Waals surface area contributed by atoms with Crippen LogP contribution in [-0.4, -0.2) is 31.7 Å². The number of sulfonamides is 1. The smallest absolute Gasteiger partial charge is 0.325 e. The van der Waals surface area contributed by atoms with E-state index in [-0.39, 0.29) is 36.7 Å². The number of amides is 1. The summed E-state index contributed by atoms with van der Waals surface area (Å²) in [6.45, 7) is 0.128. The lowest BCUT2D eigenvalue weighted by Gasteiger charge is -2.30. The molecule has 3 rings (SSSR count). The van der Waals surface area contributed by atoms with Gasteiger partial charge in [-0.2, -0.15) is 13.2 Å². The van der Waals surface area contributed by atoms with Crippen molar-refractivity contribution < 1.29 is 30.8 Å². The zero-order valence-electron chi connectivity index (χ0n) is 16.1. The SMILES string of the molecule is O=C(Nc1ccc(Cl)cc1C(F)(F)F)C1CCN(S(=O)(=O)Cc2ccc(F)cc2)CC1. The Morgan fingerprint density at radius 1 is 1.10 bits per heavy atom. The number of nitrogens with zero attached hydrogens (tertiary/aromatic N) is 1. The first kappa shape index (κ1) is 23.5. The fourth-order valence-corrected chi connectivity index (χ4v) is 5.11. The molecule has 5 nitrogen and oxygen atoms in total. The molecule has 1 aliphatic heterocycles. The third-order valence-corrected chi connectivity index (χ3v) is 7.11. The molecular weight excluding hydrogens is 460 g/mol. The molecule has 0 bridgehead atoms. The van der Waals surface area contributed by atoms with Crippen LogP contribution >= 0.6 is 11.6 Å². The van der Waals surface area contributed by atoms with E-state index in [0.29, 0.717) is 5.56 Å². The fourth-order valence-electron chi connectivity index (χ4n) is 3.37. The van der Waals surface area contributed by atoms with Crippen molar-refractivity contribution in [1.29, 1.82) is 0 Å². The third kappa shape index (κ3) is 5.96. The molecule has 1 amide bonds. The van der Waals surface area contributed by atoms with E-state index in [1.807, 2.05) is 0 Å². The van der Waals surface area contributed by atoms with Crippen LogP contribution < -0.4 is 5.32 Å². The lowest BCUT2D eigenvalue weighted by molar-refractivity contribution is -0.137. The van der Waals surface area contributed by atoms with Crippen molar-refractivity contribution in [3.63, 3.8) is 0 Å². The number of nitrogens with one attached hydrogen (secondary N) is 1. The fraction of sp³-hybridized carbons (Fsp3) is 0.350. The van der Waals surface area contributed by atoms with Crippen LogP contribution in [0.4, 0.5) is 23.2 Å². The van der Waals surface area contributed by atoms with Gasteiger partial charge in [-0.15, -0.1) is 0 Å². The second-order valence-electron chi connectivity index (χ2n) is 7.23. The van der Waals surface area contributed by atoms with Crippen LogP contribution in [0.2, 0.25) is 5.02 Å². The second-order valence-corrected chi connectivity index (χ2v) is 9.64. The highest BCUT2D eigenvalue weighted by atomic mass is 35.5. The summed E-state index contributed by atoms with van der Waals surface area (Å²) in [6, 6.07) is 8.19. The molecular formula is C20H19ClF4N2O3S. The topological polar surface area (TPSA) is 66.5 Å². The summed E-state index contributed by atoms with van der Waals surface area (Å²) in [6.07, 6.45) is -4.35. The van der Waals surface area contributed by atoms with Crippen molar-refractivity contribution in [2.45, 2.75) is 24.8 Å². The van der Waals surface area contributed by atoms with Crippen LogP contribution in [0.25, 0.3) is 0 Å². The molecule has 1 N–H and O–H groups in total. The molecule has 1 saturated heterocycles. The maximum atomic E-state index is 13.2. The first-order valence-corrected chi connectivity index (χ1v) is 11.3. The van der Waals surface area contributed by atoms with Gasteiger partial charge in [0.05, 0.1) is 17.0 Å². The first-order chi connectivity index (χ1) is 14.5. The van der Waals surface area contributed by atoms with Gasteiger partial charge in [0.1, 0.15) is 5.82 Å². The molecule has 2 aromatic carbocycles. The molecule has 0 aromatic heterocycles. The highest BCUT2D eigenvalue weighted by Crippen LogP contribution is 2.37. The van der Waals surface area contributed by atoms with E-state index in [4.69, 9.17) is 11.6 Å². The van der Waals surface area contributed by atoms with Crippen molar-refractivity contribution in [1.82, 2.24) is 4.31 Å². The largest absolute Gasteiger partial charge is 0.418 e. The van der Waals surface area contributed by atoms with Gasteiger partial charge in [-0.05, 0) is 48.7 Å². The minimum Gasteiger partial charge on any atom is -0.325 e. The lowest BCUT2D eigenvalue weighted by Crippen LogP contribution is -2.42. The van der Waals surface area contributed by atoms with E-state index in [1.165, 1.54) is 34.6 Å². The van der Waals surface area contributed by atoms with Gasteiger partial charge in [-0.25, -0.2) is 17.1 Å². The first-order valence-electron chi connectivity index (χ1n) is 9.35. The third-order valence-electron chi connectivity index (χ3n) is 5.03. The van der Waals surface area contributed by atoms with E-state index in [1.54, 1.807) is 0 Å². The number of carbonyl (C=O) groups excluding carboxylic acids is 1. The summed E-state index contributed by atoms with van der Waals surface area (Å²) in [5.74, 6) is -2.01.